The molecule has 3 N–H and O–H groups in total. The number of halogens is 2. The SMILES string of the molecule is O=S(=O)(c1ccc(Nc2nccc(Nc3ccc(F)cc3)n2)cc1)N1CCC(C(O)c2ccncc2F)CC1. The minimum absolute atomic E-state index is 0.139. The first-order chi connectivity index (χ1) is 18.8. The molecule has 0 aliphatic carbocycles. The number of sulfonamides is 1. The Morgan fingerprint density at radius 1 is 0.897 bits per heavy atom. The lowest BCUT2D eigenvalue weighted by molar-refractivity contribution is 0.0730. The maximum absolute atomic E-state index is 14.0. The quantitative estimate of drug-likeness (QED) is 0.286. The predicted octanol–water partition coefficient (Wildman–Crippen LogP) is 4.77. The van der Waals surface area contributed by atoms with Crippen LogP contribution in [0.15, 0.2) is 84.1 Å². The second-order valence-corrected chi connectivity index (χ2v) is 11.1. The van der Waals surface area contributed by atoms with Crippen LogP contribution in [0.2, 0.25) is 0 Å². The van der Waals surface area contributed by atoms with Crippen molar-refractivity contribution in [3.8, 4) is 0 Å². The monoisotopic (exact) mass is 552 g/mol. The molecule has 1 aliphatic heterocycles. The molecule has 1 atom stereocenters. The standard InChI is InChI=1S/C27H26F2N6O3S/c28-19-1-3-20(4-2-19)32-25-10-14-31-27(34-25)33-21-5-7-22(8-6-21)39(37,38)35-15-11-18(12-16-35)26(36)23-9-13-30-17-24(23)29/h1-10,13-14,17-18,26,36H,11-12,15-16H2,(H2,31,32,33,34). The highest BCUT2D eigenvalue weighted by molar-refractivity contribution is 7.89. The molecule has 2 aromatic heterocycles. The number of benzene rings is 2. The molecule has 9 nitrogen and oxygen atoms in total. The molecule has 4 aromatic rings. The van der Waals surface area contributed by atoms with Crippen LogP contribution in [0.4, 0.5) is 31.9 Å². The molecule has 202 valence electrons. The molecular formula is C27H26F2N6O3S. The largest absolute Gasteiger partial charge is 0.388 e. The number of aliphatic hydroxyl groups excluding tert-OH is 1. The Bertz CT molecular complexity index is 1530. The van der Waals surface area contributed by atoms with Crippen molar-refractivity contribution in [2.45, 2.75) is 23.8 Å². The maximum Gasteiger partial charge on any atom is 0.243 e. The summed E-state index contributed by atoms with van der Waals surface area (Å²) in [5.74, 6) is -0.372. The van der Waals surface area contributed by atoms with Gasteiger partial charge in [-0.25, -0.2) is 22.2 Å². The van der Waals surface area contributed by atoms with Gasteiger partial charge in [-0.15, -0.1) is 0 Å². The van der Waals surface area contributed by atoms with Crippen molar-refractivity contribution in [3.05, 3.63) is 96.5 Å². The normalized spacial score (nSPS) is 15.6. The van der Waals surface area contributed by atoms with Gasteiger partial charge < -0.3 is 15.7 Å². The fraction of sp³-hybridized carbons (Fsp3) is 0.222. The lowest BCUT2D eigenvalue weighted by Crippen LogP contribution is -2.39. The van der Waals surface area contributed by atoms with Crippen LogP contribution in [0.3, 0.4) is 0 Å². The van der Waals surface area contributed by atoms with Gasteiger partial charge in [0.25, 0.3) is 0 Å². The van der Waals surface area contributed by atoms with E-state index >= 15 is 0 Å². The van der Waals surface area contributed by atoms with Crippen LogP contribution in [0.5, 0.6) is 0 Å². The first kappa shape index (κ1) is 26.6. The van der Waals surface area contributed by atoms with E-state index in [-0.39, 0.29) is 35.3 Å². The summed E-state index contributed by atoms with van der Waals surface area (Å²) < 4.78 is 55.0. The zero-order valence-electron chi connectivity index (χ0n) is 20.7. The van der Waals surface area contributed by atoms with Gasteiger partial charge in [0, 0.05) is 42.4 Å². The molecule has 5 rings (SSSR count). The van der Waals surface area contributed by atoms with Gasteiger partial charge in [0.1, 0.15) is 17.5 Å². The van der Waals surface area contributed by atoms with Gasteiger partial charge in [-0.1, -0.05) is 0 Å². The Morgan fingerprint density at radius 3 is 2.26 bits per heavy atom. The molecule has 1 fully saturated rings. The van der Waals surface area contributed by atoms with Crippen LogP contribution >= 0.6 is 0 Å². The zero-order chi connectivity index (χ0) is 27.4. The Labute approximate surface area is 224 Å². The first-order valence-corrected chi connectivity index (χ1v) is 13.7. The van der Waals surface area contributed by atoms with Gasteiger partial charge in [0.15, 0.2) is 0 Å². The van der Waals surface area contributed by atoms with Crippen molar-refractivity contribution < 1.29 is 22.3 Å². The third-order valence-corrected chi connectivity index (χ3v) is 8.50. The number of rotatable bonds is 8. The highest BCUT2D eigenvalue weighted by Gasteiger charge is 2.33. The van der Waals surface area contributed by atoms with Crippen LogP contribution in [0, 0.1) is 17.6 Å². The molecule has 0 saturated carbocycles. The van der Waals surface area contributed by atoms with Crippen molar-refractivity contribution >= 4 is 33.2 Å². The minimum Gasteiger partial charge on any atom is -0.388 e. The number of anilines is 4. The summed E-state index contributed by atoms with van der Waals surface area (Å²) in [4.78, 5) is 12.4. The van der Waals surface area contributed by atoms with Crippen LogP contribution < -0.4 is 10.6 Å². The molecule has 12 heteroatoms. The number of aliphatic hydroxyl groups is 1. The average molecular weight is 553 g/mol. The number of hydrogen-bond acceptors (Lipinski definition) is 8. The number of hydrogen-bond donors (Lipinski definition) is 3. The van der Waals surface area contributed by atoms with Gasteiger partial charge in [0.05, 0.1) is 17.2 Å². The highest BCUT2D eigenvalue weighted by Crippen LogP contribution is 2.33. The molecule has 0 spiro atoms. The summed E-state index contributed by atoms with van der Waals surface area (Å²) in [5, 5.41) is 16.7. The molecule has 2 aromatic carbocycles. The van der Waals surface area contributed by atoms with Crippen LogP contribution in [0.25, 0.3) is 0 Å². The zero-order valence-corrected chi connectivity index (χ0v) is 21.5. The molecule has 1 unspecified atom stereocenters. The second kappa shape index (κ2) is 11.4. The Hall–Kier alpha value is -4.00. The molecule has 0 bridgehead atoms. The third-order valence-electron chi connectivity index (χ3n) is 6.59. The Balaban J connectivity index is 1.20. The van der Waals surface area contributed by atoms with E-state index in [1.807, 2.05) is 0 Å². The smallest absolute Gasteiger partial charge is 0.243 e. The number of nitrogens with zero attached hydrogens (tertiary/aromatic N) is 4. The fourth-order valence-electron chi connectivity index (χ4n) is 4.47. The van der Waals surface area contributed by atoms with E-state index in [0.29, 0.717) is 36.0 Å². The summed E-state index contributed by atoms with van der Waals surface area (Å²) >= 11 is 0. The van der Waals surface area contributed by atoms with Crippen molar-refractivity contribution in [1.82, 2.24) is 19.3 Å². The minimum atomic E-state index is -3.75. The van der Waals surface area contributed by atoms with Crippen molar-refractivity contribution in [1.29, 1.82) is 0 Å². The van der Waals surface area contributed by atoms with E-state index in [0.717, 1.165) is 6.20 Å². The highest BCUT2D eigenvalue weighted by atomic mass is 32.2. The fourth-order valence-corrected chi connectivity index (χ4v) is 5.94. The third kappa shape index (κ3) is 6.19. The van der Waals surface area contributed by atoms with E-state index in [1.54, 1.807) is 36.5 Å². The number of pyridine rings is 1. The number of aromatic nitrogens is 3. The second-order valence-electron chi connectivity index (χ2n) is 9.13. The molecular weight excluding hydrogens is 526 g/mol. The van der Waals surface area contributed by atoms with Crippen molar-refractivity contribution in [2.24, 2.45) is 5.92 Å². The Morgan fingerprint density at radius 2 is 1.56 bits per heavy atom. The van der Waals surface area contributed by atoms with Crippen LogP contribution in [-0.2, 0) is 10.0 Å². The molecule has 0 amide bonds. The van der Waals surface area contributed by atoms with Gasteiger partial charge in [-0.05, 0) is 79.4 Å². The van der Waals surface area contributed by atoms with Crippen LogP contribution in [-0.4, -0.2) is 45.9 Å². The lowest BCUT2D eigenvalue weighted by atomic mass is 9.88. The molecule has 0 radical (unpaired) electrons. The average Bonchev–Trinajstić information content (AvgIpc) is 2.95. The topological polar surface area (TPSA) is 120 Å². The number of nitrogens with one attached hydrogen (secondary N) is 2. The van der Waals surface area contributed by atoms with Gasteiger partial charge in [-0.3, -0.25) is 4.98 Å². The number of piperidine rings is 1. The van der Waals surface area contributed by atoms with E-state index in [1.165, 1.54) is 40.8 Å². The molecule has 3 heterocycles. The summed E-state index contributed by atoms with van der Waals surface area (Å²) in [6.07, 6.45) is 3.83. The van der Waals surface area contributed by atoms with E-state index < -0.39 is 21.9 Å². The lowest BCUT2D eigenvalue weighted by Gasteiger charge is -2.33. The summed E-state index contributed by atoms with van der Waals surface area (Å²) in [6.45, 7) is 0.441. The molecule has 1 aliphatic rings. The van der Waals surface area contributed by atoms with Crippen molar-refractivity contribution in [2.75, 3.05) is 23.7 Å². The summed E-state index contributed by atoms with van der Waals surface area (Å²) in [7, 11) is -3.75. The predicted molar refractivity (Wildman–Crippen MR) is 142 cm³/mol. The van der Waals surface area contributed by atoms with E-state index in [2.05, 4.69) is 25.6 Å². The van der Waals surface area contributed by atoms with Gasteiger partial charge >= 0.3 is 0 Å². The van der Waals surface area contributed by atoms with Gasteiger partial charge in [0.2, 0.25) is 16.0 Å². The maximum atomic E-state index is 14.0. The van der Waals surface area contributed by atoms with Crippen LogP contribution in [0.1, 0.15) is 24.5 Å². The molecule has 39 heavy (non-hydrogen) atoms. The Kier molecular flexibility index (Phi) is 7.77. The van der Waals surface area contributed by atoms with Crippen molar-refractivity contribution in [3.63, 3.8) is 0 Å². The summed E-state index contributed by atoms with van der Waals surface area (Å²) in [5.41, 5.74) is 1.43. The molecule has 1 saturated heterocycles. The first-order valence-electron chi connectivity index (χ1n) is 12.3. The van der Waals surface area contributed by atoms with E-state index in [4.69, 9.17) is 0 Å². The van der Waals surface area contributed by atoms with Gasteiger partial charge in [-0.2, -0.15) is 9.29 Å². The summed E-state index contributed by atoms with van der Waals surface area (Å²) in [6, 6.07) is 15.2. The van der Waals surface area contributed by atoms with E-state index in [9.17, 15) is 22.3 Å².